The minimum absolute atomic E-state index is 0.172. The molecular formula is C123H131Cl3N12O8. The third kappa shape index (κ3) is 37.6. The highest BCUT2D eigenvalue weighted by atomic mass is 35.5. The van der Waals surface area contributed by atoms with E-state index in [2.05, 4.69) is 147 Å². The van der Waals surface area contributed by atoms with Gasteiger partial charge in [0.2, 0.25) is 0 Å². The number of ether oxygens (including phenoxy) is 3. The number of carbonyl (C=O) groups excluding carboxylic acids is 5. The highest BCUT2D eigenvalue weighted by molar-refractivity contribution is 6.31. The van der Waals surface area contributed by atoms with Crippen molar-refractivity contribution in [3.8, 4) is 52.2 Å². The molecule has 20 nitrogen and oxygen atoms in total. The first-order valence-corrected chi connectivity index (χ1v) is 51.8. The van der Waals surface area contributed by atoms with Gasteiger partial charge < -0.3 is 14.2 Å². The average molecular weight is 2010 g/mol. The van der Waals surface area contributed by atoms with Gasteiger partial charge in [0.15, 0.2) is 17.5 Å². The lowest BCUT2D eigenvalue weighted by Gasteiger charge is -2.12. The number of halogens is 3. The number of hydrogen-bond donors (Lipinski definition) is 0. The largest absolute Gasteiger partial charge is 0.460 e. The lowest BCUT2D eigenvalue weighted by Crippen LogP contribution is -2.14. The summed E-state index contributed by atoms with van der Waals surface area (Å²) in [7, 11) is 0. The molecule has 18 rings (SSSR count). The molecule has 3 aliphatic carbocycles. The molecule has 0 radical (unpaired) electrons. The number of nitrogens with zero attached hydrogens (tertiary/aromatic N) is 12. The standard InChI is InChI=1S/2C21H19ClN2O.C21H21ClN2.3C20H24N2O2/c2*1-14-10-20(12-17-8-6-16(7-9-17)11-15(2)25)24-21(23-14)18-4-3-5-19(22)13-18;1-3-5-16-8-10-17(11-9-16)13-20-12-15(2)23-21(24-20)18-6-4-7-19(22)14-18;3*1-14-11-18(22-20(21-14)24-19-5-3-4-6-19)13-17-9-7-16(8-10-17)12-15(2)23/h2*3-10,13H,11-12H2,1-2H3;4,6-12,14H,3,5,13H2,1-2H3;3*7-11,19H,3-6,12-13H2,1-2H3. The van der Waals surface area contributed by atoms with Crippen molar-refractivity contribution in [1.29, 1.82) is 0 Å². The second-order valence-corrected chi connectivity index (χ2v) is 39.8. The maximum atomic E-state index is 11.2. The molecule has 9 aromatic carbocycles. The van der Waals surface area contributed by atoms with Crippen LogP contribution in [0, 0.1) is 41.5 Å². The summed E-state index contributed by atoms with van der Waals surface area (Å²) >= 11 is 18.2. The van der Waals surface area contributed by atoms with Crippen molar-refractivity contribution in [1.82, 2.24) is 59.8 Å². The third-order valence-corrected chi connectivity index (χ3v) is 25.3. The molecular weight excluding hydrogens is 1880 g/mol. The van der Waals surface area contributed by atoms with Crippen LogP contribution >= 0.6 is 34.8 Å². The topological polar surface area (TPSA) is 268 Å². The summed E-state index contributed by atoms with van der Waals surface area (Å²) in [6.07, 6.45) is 24.0. The normalized spacial score (nSPS) is 12.7. The van der Waals surface area contributed by atoms with E-state index in [1.807, 2.05) is 211 Å². The van der Waals surface area contributed by atoms with E-state index in [0.29, 0.717) is 76.9 Å². The summed E-state index contributed by atoms with van der Waals surface area (Å²) < 4.78 is 17.8. The van der Waals surface area contributed by atoms with Gasteiger partial charge in [-0.25, -0.2) is 44.9 Å². The van der Waals surface area contributed by atoms with Gasteiger partial charge in [-0.3, -0.25) is 24.0 Å². The van der Waals surface area contributed by atoms with E-state index in [-0.39, 0.29) is 47.2 Å². The van der Waals surface area contributed by atoms with Crippen LogP contribution in [-0.4, -0.2) is 107 Å². The number of benzene rings is 9. The predicted molar refractivity (Wildman–Crippen MR) is 582 cm³/mol. The molecule has 0 saturated heterocycles. The summed E-state index contributed by atoms with van der Waals surface area (Å²) in [5.41, 5.74) is 28.0. The van der Waals surface area contributed by atoms with Gasteiger partial charge in [0.1, 0.15) is 47.2 Å². The lowest BCUT2D eigenvalue weighted by molar-refractivity contribution is -0.117. The van der Waals surface area contributed by atoms with Crippen LogP contribution in [-0.2, 0) is 101 Å². The number of rotatable bonds is 33. The molecule has 23 heteroatoms. The molecule has 752 valence electrons. The molecule has 0 amide bonds. The zero-order chi connectivity index (χ0) is 103. The molecule has 3 aliphatic rings. The van der Waals surface area contributed by atoms with Gasteiger partial charge in [0.25, 0.3) is 0 Å². The van der Waals surface area contributed by atoms with Gasteiger partial charge >= 0.3 is 18.0 Å². The van der Waals surface area contributed by atoms with Crippen molar-refractivity contribution < 1.29 is 38.2 Å². The minimum Gasteiger partial charge on any atom is -0.460 e. The molecule has 0 unspecified atom stereocenters. The third-order valence-electron chi connectivity index (χ3n) is 24.6. The summed E-state index contributed by atoms with van der Waals surface area (Å²) in [5.74, 6) is 3.00. The molecule has 15 aromatic rings. The van der Waals surface area contributed by atoms with E-state index in [0.717, 1.165) is 213 Å². The molecule has 0 N–H and O–H groups in total. The Morgan fingerprint density at radius 3 is 0.637 bits per heavy atom. The van der Waals surface area contributed by atoms with Crippen molar-refractivity contribution >= 4 is 63.7 Å². The first kappa shape index (κ1) is 109. The van der Waals surface area contributed by atoms with Crippen molar-refractivity contribution in [2.75, 3.05) is 0 Å². The second-order valence-electron chi connectivity index (χ2n) is 38.5. The smallest absolute Gasteiger partial charge is 0.317 e. The lowest BCUT2D eigenvalue weighted by atomic mass is 10.0. The Morgan fingerprint density at radius 1 is 0.247 bits per heavy atom. The van der Waals surface area contributed by atoms with E-state index in [9.17, 15) is 24.0 Å². The number of aryl methyl sites for hydroxylation is 7. The van der Waals surface area contributed by atoms with Gasteiger partial charge in [0, 0.05) is 154 Å². The Balaban J connectivity index is 0.000000147. The van der Waals surface area contributed by atoms with E-state index in [4.69, 9.17) is 54.0 Å². The zero-order valence-corrected chi connectivity index (χ0v) is 88.2. The molecule has 6 heterocycles. The molecule has 0 spiro atoms. The van der Waals surface area contributed by atoms with Gasteiger partial charge in [-0.15, -0.1) is 0 Å². The molecule has 6 aromatic heterocycles. The van der Waals surface area contributed by atoms with Crippen LogP contribution < -0.4 is 14.2 Å². The second kappa shape index (κ2) is 55.4. The van der Waals surface area contributed by atoms with Gasteiger partial charge in [0.05, 0.1) is 17.1 Å². The molecule has 0 atom stereocenters. The molecule has 146 heavy (non-hydrogen) atoms. The number of ketones is 5. The molecule has 3 fully saturated rings. The molecule has 0 bridgehead atoms. The van der Waals surface area contributed by atoms with Crippen molar-refractivity contribution in [3.63, 3.8) is 0 Å². The fraction of sp³-hybridized carbons (Fsp3) is 0.325. The Labute approximate surface area is 874 Å². The minimum atomic E-state index is 0.172. The summed E-state index contributed by atoms with van der Waals surface area (Å²) in [4.78, 5) is 111. The van der Waals surface area contributed by atoms with E-state index >= 15 is 0 Å². The fourth-order valence-electron chi connectivity index (χ4n) is 17.8. The van der Waals surface area contributed by atoms with Crippen molar-refractivity contribution in [2.24, 2.45) is 0 Å². The van der Waals surface area contributed by atoms with Crippen LogP contribution in [0.3, 0.4) is 0 Å². The SMILES string of the molecule is CC(=O)Cc1ccc(Cc2cc(C)nc(-c3cccc(Cl)c3)n2)cc1.CC(=O)Cc1ccc(Cc2cc(C)nc(-c3cccc(Cl)c3)n2)cc1.CC(=O)Cc1ccc(Cc2cc(C)nc(OC3CCCC3)n2)cc1.CC(=O)Cc1ccc(Cc2cc(C)nc(OC3CCCC3)n2)cc1.CC(=O)Cc1ccc(Cc2cc(C)nc(OC3CCCC3)n2)cc1.CCCc1ccc(Cc2cc(C)nc(-c3cccc(Cl)c3)n2)cc1. The Hall–Kier alpha value is -13.9. The zero-order valence-electron chi connectivity index (χ0n) is 85.9. The van der Waals surface area contributed by atoms with Gasteiger partial charge in [-0.1, -0.05) is 230 Å². The number of aromatic nitrogens is 12. The quantitative estimate of drug-likeness (QED) is 0.0370. The first-order chi connectivity index (χ1) is 70.4. The fourth-order valence-corrected chi connectivity index (χ4v) is 18.4. The van der Waals surface area contributed by atoms with E-state index in [1.165, 1.54) is 72.8 Å². The van der Waals surface area contributed by atoms with Crippen LogP contribution in [0.25, 0.3) is 34.2 Å². The summed E-state index contributed by atoms with van der Waals surface area (Å²) in [5, 5.41) is 2.04. The van der Waals surface area contributed by atoms with E-state index in [1.54, 1.807) is 34.6 Å². The summed E-state index contributed by atoms with van der Waals surface area (Å²) in [6, 6.07) is 85.9. The Morgan fingerprint density at radius 2 is 0.438 bits per heavy atom. The predicted octanol–water partition coefficient (Wildman–Crippen LogP) is 26.8. The van der Waals surface area contributed by atoms with Crippen LogP contribution in [0.1, 0.15) is 260 Å². The molecule has 3 saturated carbocycles. The van der Waals surface area contributed by atoms with Crippen molar-refractivity contribution in [3.05, 3.63) is 405 Å². The van der Waals surface area contributed by atoms with Gasteiger partial charge in [-0.2, -0.15) is 15.0 Å². The number of hydrogen-bond acceptors (Lipinski definition) is 20. The van der Waals surface area contributed by atoms with Crippen LogP contribution in [0.4, 0.5) is 0 Å². The maximum Gasteiger partial charge on any atom is 0.317 e. The van der Waals surface area contributed by atoms with Crippen LogP contribution in [0.5, 0.6) is 18.0 Å². The van der Waals surface area contributed by atoms with E-state index < -0.39 is 0 Å². The highest BCUT2D eigenvalue weighted by Crippen LogP contribution is 2.31. The highest BCUT2D eigenvalue weighted by Gasteiger charge is 2.23. The average Bonchev–Trinajstić information content (AvgIpc) is 1.13. The first-order valence-electron chi connectivity index (χ1n) is 50.7. The number of carbonyl (C=O) groups is 5. The van der Waals surface area contributed by atoms with Crippen LogP contribution in [0.15, 0.2) is 255 Å². The molecule has 0 aliphatic heterocycles. The summed E-state index contributed by atoms with van der Waals surface area (Å²) in [6.45, 7) is 22.1. The number of Topliss-reactive ketones (excluding diaryl/α,β-unsaturated/α-hetero) is 5. The van der Waals surface area contributed by atoms with Gasteiger partial charge in [-0.05, 0) is 299 Å². The Bertz CT molecular complexity index is 6420. The van der Waals surface area contributed by atoms with Crippen molar-refractivity contribution in [2.45, 2.75) is 262 Å². The maximum absolute atomic E-state index is 11.2. The van der Waals surface area contributed by atoms with Crippen LogP contribution in [0.2, 0.25) is 15.1 Å². The Kier molecular flexibility index (Phi) is 41.5. The monoisotopic (exact) mass is 2010 g/mol.